The molecule has 0 spiro atoms. The molecule has 3 atom stereocenters. The highest BCUT2D eigenvalue weighted by Crippen LogP contribution is 2.18. The van der Waals surface area contributed by atoms with Crippen molar-refractivity contribution >= 4 is 11.9 Å². The first kappa shape index (κ1) is 55.6. The summed E-state index contributed by atoms with van der Waals surface area (Å²) in [6, 6.07) is -0.693. The van der Waals surface area contributed by atoms with Gasteiger partial charge in [0.15, 0.2) is 0 Å². The molecule has 338 valence electrons. The summed E-state index contributed by atoms with van der Waals surface area (Å²) in [5.41, 5.74) is 0. The Morgan fingerprint density at radius 3 is 1.25 bits per heavy atom. The summed E-state index contributed by atoms with van der Waals surface area (Å²) in [6.07, 6.45) is 49.9. The SMILES string of the molecule is CCCCCCCC/C=C/CCCCCCCCCCCC(=O)OC(CCCCCCCCCCCC)CC(=O)NC(CO)C(O)CCCCCCCCCCC. The molecular weight excluding hydrogens is 707 g/mol. The van der Waals surface area contributed by atoms with E-state index in [0.717, 1.165) is 44.9 Å². The van der Waals surface area contributed by atoms with E-state index in [9.17, 15) is 19.8 Å². The van der Waals surface area contributed by atoms with Gasteiger partial charge in [-0.05, 0) is 51.4 Å². The minimum absolute atomic E-state index is 0.0832. The standard InChI is InChI=1S/C51H99NO5/c1-4-7-10-13-16-19-21-22-23-24-25-26-27-28-29-32-35-38-41-44-51(56)57-47(42-39-36-33-31-20-17-14-11-8-5-2)45-50(55)52-48(46-53)49(54)43-40-37-34-30-18-15-12-9-6-3/h22-23,47-49,53-54H,4-21,24-46H2,1-3H3,(H,52,55)/b23-22+. The highest BCUT2D eigenvalue weighted by molar-refractivity contribution is 5.77. The Labute approximate surface area is 355 Å². The number of hydrogen-bond acceptors (Lipinski definition) is 5. The van der Waals surface area contributed by atoms with Gasteiger partial charge in [0.05, 0.1) is 25.2 Å². The third-order valence-corrected chi connectivity index (χ3v) is 11.8. The molecule has 0 aliphatic heterocycles. The number of ether oxygens (including phenoxy) is 1. The number of aliphatic hydroxyl groups excluding tert-OH is 2. The van der Waals surface area contributed by atoms with Gasteiger partial charge in [-0.3, -0.25) is 9.59 Å². The van der Waals surface area contributed by atoms with Gasteiger partial charge in [0.2, 0.25) is 5.91 Å². The molecular formula is C51H99NO5. The third-order valence-electron chi connectivity index (χ3n) is 11.8. The summed E-state index contributed by atoms with van der Waals surface area (Å²) in [5.74, 6) is -0.463. The van der Waals surface area contributed by atoms with E-state index in [1.165, 1.54) is 186 Å². The van der Waals surface area contributed by atoms with Crippen LogP contribution in [0.4, 0.5) is 0 Å². The van der Waals surface area contributed by atoms with Crippen LogP contribution in [-0.2, 0) is 14.3 Å². The quantitative estimate of drug-likeness (QED) is 0.0323. The topological polar surface area (TPSA) is 95.9 Å². The summed E-state index contributed by atoms with van der Waals surface area (Å²) in [6.45, 7) is 6.47. The zero-order valence-electron chi connectivity index (χ0n) is 38.5. The summed E-state index contributed by atoms with van der Waals surface area (Å²) < 4.78 is 5.92. The molecule has 1 amide bonds. The molecule has 0 saturated carbocycles. The monoisotopic (exact) mass is 806 g/mol. The van der Waals surface area contributed by atoms with Crippen LogP contribution in [0.1, 0.15) is 278 Å². The Morgan fingerprint density at radius 1 is 0.491 bits per heavy atom. The maximum Gasteiger partial charge on any atom is 0.306 e. The molecule has 57 heavy (non-hydrogen) atoms. The van der Waals surface area contributed by atoms with E-state index >= 15 is 0 Å². The molecule has 3 N–H and O–H groups in total. The Morgan fingerprint density at radius 2 is 0.842 bits per heavy atom. The average molecular weight is 806 g/mol. The largest absolute Gasteiger partial charge is 0.462 e. The lowest BCUT2D eigenvalue weighted by atomic mass is 10.0. The minimum Gasteiger partial charge on any atom is -0.462 e. The molecule has 0 radical (unpaired) electrons. The molecule has 0 fully saturated rings. The lowest BCUT2D eigenvalue weighted by Gasteiger charge is -2.24. The summed E-state index contributed by atoms with van der Waals surface area (Å²) in [7, 11) is 0. The van der Waals surface area contributed by atoms with Gasteiger partial charge in [0, 0.05) is 6.42 Å². The number of rotatable bonds is 46. The van der Waals surface area contributed by atoms with Crippen molar-refractivity contribution in [3.05, 3.63) is 12.2 Å². The molecule has 0 aromatic carbocycles. The molecule has 6 heteroatoms. The van der Waals surface area contributed by atoms with Gasteiger partial charge >= 0.3 is 5.97 Å². The van der Waals surface area contributed by atoms with Crippen molar-refractivity contribution in [3.8, 4) is 0 Å². The van der Waals surface area contributed by atoms with Crippen LogP contribution in [-0.4, -0.2) is 46.9 Å². The Kier molecular flexibility index (Phi) is 44.6. The normalized spacial score (nSPS) is 13.3. The smallest absolute Gasteiger partial charge is 0.306 e. The fourth-order valence-corrected chi connectivity index (χ4v) is 7.96. The predicted molar refractivity (Wildman–Crippen MR) is 246 cm³/mol. The number of amides is 1. The summed E-state index contributed by atoms with van der Waals surface area (Å²) in [5, 5.41) is 23.6. The molecule has 6 nitrogen and oxygen atoms in total. The van der Waals surface area contributed by atoms with E-state index in [4.69, 9.17) is 4.74 Å². The number of nitrogens with one attached hydrogen (secondary N) is 1. The number of hydrogen-bond donors (Lipinski definition) is 3. The van der Waals surface area contributed by atoms with Crippen LogP contribution in [0.5, 0.6) is 0 Å². The molecule has 0 aliphatic rings. The molecule has 0 bridgehead atoms. The first-order valence-corrected chi connectivity index (χ1v) is 25.4. The Bertz CT molecular complexity index is 863. The third kappa shape index (κ3) is 41.1. The minimum atomic E-state index is -0.779. The molecule has 0 aromatic heterocycles. The maximum absolute atomic E-state index is 13.1. The van der Waals surface area contributed by atoms with E-state index in [0.29, 0.717) is 19.3 Å². The lowest BCUT2D eigenvalue weighted by Crippen LogP contribution is -2.46. The molecule has 0 heterocycles. The molecule has 0 aliphatic carbocycles. The van der Waals surface area contributed by atoms with Crippen molar-refractivity contribution < 1.29 is 24.5 Å². The first-order valence-electron chi connectivity index (χ1n) is 25.4. The van der Waals surface area contributed by atoms with E-state index < -0.39 is 18.2 Å². The van der Waals surface area contributed by atoms with Crippen LogP contribution in [0.3, 0.4) is 0 Å². The zero-order valence-corrected chi connectivity index (χ0v) is 38.5. The fraction of sp³-hybridized carbons (Fsp3) is 0.922. The van der Waals surface area contributed by atoms with Crippen LogP contribution >= 0.6 is 0 Å². The van der Waals surface area contributed by atoms with Gasteiger partial charge in [-0.1, -0.05) is 226 Å². The van der Waals surface area contributed by atoms with Gasteiger partial charge in [-0.2, -0.15) is 0 Å². The highest BCUT2D eigenvalue weighted by Gasteiger charge is 2.24. The van der Waals surface area contributed by atoms with Gasteiger partial charge in [0.1, 0.15) is 6.10 Å². The number of unbranched alkanes of at least 4 members (excludes halogenated alkanes) is 32. The van der Waals surface area contributed by atoms with Crippen molar-refractivity contribution in [1.29, 1.82) is 0 Å². The highest BCUT2D eigenvalue weighted by atomic mass is 16.5. The molecule has 3 unspecified atom stereocenters. The van der Waals surface area contributed by atoms with Crippen LogP contribution < -0.4 is 5.32 Å². The molecule has 0 rings (SSSR count). The second-order valence-electron chi connectivity index (χ2n) is 17.6. The van der Waals surface area contributed by atoms with E-state index in [-0.39, 0.29) is 24.9 Å². The van der Waals surface area contributed by atoms with Crippen molar-refractivity contribution in [1.82, 2.24) is 5.32 Å². The number of carbonyl (C=O) groups is 2. The van der Waals surface area contributed by atoms with Gasteiger partial charge in [-0.15, -0.1) is 0 Å². The van der Waals surface area contributed by atoms with E-state index in [1.54, 1.807) is 0 Å². The second kappa shape index (κ2) is 45.7. The Balaban J connectivity index is 4.41. The number of esters is 1. The van der Waals surface area contributed by atoms with Crippen molar-refractivity contribution in [2.75, 3.05) is 6.61 Å². The lowest BCUT2D eigenvalue weighted by molar-refractivity contribution is -0.151. The van der Waals surface area contributed by atoms with Gasteiger partial charge in [0.25, 0.3) is 0 Å². The predicted octanol–water partition coefficient (Wildman–Crippen LogP) is 15.0. The van der Waals surface area contributed by atoms with Crippen LogP contribution in [0, 0.1) is 0 Å². The summed E-state index contributed by atoms with van der Waals surface area (Å²) in [4.78, 5) is 26.0. The first-order chi connectivity index (χ1) is 28.0. The number of carbonyl (C=O) groups excluding carboxylic acids is 2. The van der Waals surface area contributed by atoms with E-state index in [1.807, 2.05) is 0 Å². The van der Waals surface area contributed by atoms with Gasteiger partial charge < -0.3 is 20.3 Å². The van der Waals surface area contributed by atoms with Gasteiger partial charge in [-0.25, -0.2) is 0 Å². The van der Waals surface area contributed by atoms with Crippen molar-refractivity contribution in [2.24, 2.45) is 0 Å². The molecule has 0 aromatic rings. The fourth-order valence-electron chi connectivity index (χ4n) is 7.96. The number of aliphatic hydroxyl groups is 2. The summed E-state index contributed by atoms with van der Waals surface area (Å²) >= 11 is 0. The van der Waals surface area contributed by atoms with E-state index in [2.05, 4.69) is 38.2 Å². The average Bonchev–Trinajstić information content (AvgIpc) is 3.20. The Hall–Kier alpha value is -1.40. The maximum atomic E-state index is 13.1. The van der Waals surface area contributed by atoms with Crippen LogP contribution in [0.15, 0.2) is 12.2 Å². The van der Waals surface area contributed by atoms with Crippen LogP contribution in [0.2, 0.25) is 0 Å². The van der Waals surface area contributed by atoms with Crippen molar-refractivity contribution in [3.63, 3.8) is 0 Å². The second-order valence-corrected chi connectivity index (χ2v) is 17.6. The number of allylic oxidation sites excluding steroid dienone is 2. The van der Waals surface area contributed by atoms with Crippen LogP contribution in [0.25, 0.3) is 0 Å². The zero-order chi connectivity index (χ0) is 41.7. The molecule has 0 saturated heterocycles. The van der Waals surface area contributed by atoms with Crippen molar-refractivity contribution in [2.45, 2.75) is 296 Å².